The van der Waals surface area contributed by atoms with Crippen molar-refractivity contribution in [1.29, 1.82) is 0 Å². The number of carbonyl (C=O) groups excluding carboxylic acids is 1. The van der Waals surface area contributed by atoms with Crippen LogP contribution in [0.3, 0.4) is 0 Å². The van der Waals surface area contributed by atoms with Crippen LogP contribution in [0.25, 0.3) is 0 Å². The van der Waals surface area contributed by atoms with Gasteiger partial charge in [0.2, 0.25) is 0 Å². The first-order valence-electron chi connectivity index (χ1n) is 4.52. The van der Waals surface area contributed by atoms with E-state index < -0.39 is 0 Å². The summed E-state index contributed by atoms with van der Waals surface area (Å²) >= 11 is 3.32. The van der Waals surface area contributed by atoms with Crippen molar-refractivity contribution in [1.82, 2.24) is 4.98 Å². The summed E-state index contributed by atoms with van der Waals surface area (Å²) in [5, 5.41) is 0. The van der Waals surface area contributed by atoms with E-state index in [1.807, 2.05) is 0 Å². The van der Waals surface area contributed by atoms with E-state index in [4.69, 9.17) is 9.47 Å². The van der Waals surface area contributed by atoms with Crippen LogP contribution in [-0.4, -0.2) is 24.7 Å². The third-order valence-electron chi connectivity index (χ3n) is 1.75. The molecule has 1 heterocycles. The van der Waals surface area contributed by atoms with Crippen LogP contribution in [0.2, 0.25) is 0 Å². The first-order chi connectivity index (χ1) is 7.19. The molecule has 0 unspecified atom stereocenters. The van der Waals surface area contributed by atoms with Crippen molar-refractivity contribution >= 4 is 21.9 Å². The second-order valence-electron chi connectivity index (χ2n) is 2.75. The Bertz CT molecular complexity index is 355. The van der Waals surface area contributed by atoms with E-state index in [9.17, 15) is 4.79 Å². The summed E-state index contributed by atoms with van der Waals surface area (Å²) in [5.41, 5.74) is 0.574. The van der Waals surface area contributed by atoms with Gasteiger partial charge in [-0.05, 0) is 28.9 Å². The third kappa shape index (κ3) is 3.20. The minimum absolute atomic E-state index is 0.121. The van der Waals surface area contributed by atoms with E-state index in [0.29, 0.717) is 18.1 Å². The maximum absolute atomic E-state index is 11.3. The number of halogens is 1. The topological polar surface area (TPSA) is 48.4 Å². The van der Waals surface area contributed by atoms with Gasteiger partial charge < -0.3 is 9.47 Å². The molecule has 0 amide bonds. The molecule has 0 bridgehead atoms. The minimum atomic E-state index is -0.304. The van der Waals surface area contributed by atoms with Crippen LogP contribution < -0.4 is 4.74 Å². The molecule has 1 aromatic heterocycles. The Labute approximate surface area is 96.7 Å². The van der Waals surface area contributed by atoms with Gasteiger partial charge in [-0.3, -0.25) is 9.78 Å². The number of rotatable bonds is 4. The van der Waals surface area contributed by atoms with Crippen molar-refractivity contribution < 1.29 is 14.3 Å². The van der Waals surface area contributed by atoms with Crippen LogP contribution in [0.15, 0.2) is 16.7 Å². The van der Waals surface area contributed by atoms with E-state index in [1.54, 1.807) is 19.2 Å². The van der Waals surface area contributed by atoms with Gasteiger partial charge in [0.15, 0.2) is 5.75 Å². The van der Waals surface area contributed by atoms with Crippen LogP contribution >= 0.6 is 15.9 Å². The summed E-state index contributed by atoms with van der Waals surface area (Å²) in [4.78, 5) is 15.3. The number of aromatic nitrogens is 1. The fraction of sp³-hybridized carbons (Fsp3) is 0.400. The molecule has 0 N–H and O–H groups in total. The van der Waals surface area contributed by atoms with Crippen LogP contribution in [0, 0.1) is 0 Å². The fourth-order valence-electron chi connectivity index (χ4n) is 1.15. The predicted octanol–water partition coefficient (Wildman–Crippen LogP) is 1.96. The highest BCUT2D eigenvalue weighted by Gasteiger charge is 2.13. The molecule has 0 aliphatic carbocycles. The molecular weight excluding hydrogens is 262 g/mol. The zero-order chi connectivity index (χ0) is 11.3. The Kier molecular flexibility index (Phi) is 4.55. The smallest absolute Gasteiger partial charge is 0.312 e. The molecular formula is C10H12BrNO3. The van der Waals surface area contributed by atoms with E-state index >= 15 is 0 Å². The molecule has 0 aliphatic heterocycles. The minimum Gasteiger partial charge on any atom is -0.494 e. The molecule has 0 atom stereocenters. The third-order valence-corrected chi connectivity index (χ3v) is 2.38. The lowest BCUT2D eigenvalue weighted by molar-refractivity contribution is -0.142. The zero-order valence-electron chi connectivity index (χ0n) is 8.62. The highest BCUT2D eigenvalue weighted by Crippen LogP contribution is 2.27. The lowest BCUT2D eigenvalue weighted by Crippen LogP contribution is -2.10. The van der Waals surface area contributed by atoms with Gasteiger partial charge in [-0.1, -0.05) is 0 Å². The average molecular weight is 274 g/mol. The summed E-state index contributed by atoms with van der Waals surface area (Å²) in [6.07, 6.45) is 1.73. The van der Waals surface area contributed by atoms with E-state index in [-0.39, 0.29) is 12.4 Å². The Morgan fingerprint density at radius 1 is 1.60 bits per heavy atom. The number of ether oxygens (including phenoxy) is 2. The summed E-state index contributed by atoms with van der Waals surface area (Å²) in [6.45, 7) is 2.14. The molecule has 5 heteroatoms. The van der Waals surface area contributed by atoms with Crippen LogP contribution in [-0.2, 0) is 16.0 Å². The molecule has 0 saturated carbocycles. The molecule has 1 rings (SSSR count). The van der Waals surface area contributed by atoms with E-state index in [2.05, 4.69) is 20.9 Å². The lowest BCUT2D eigenvalue weighted by atomic mass is 10.2. The standard InChI is InChI=1S/C10H12BrNO3/c1-3-15-9(13)6-8-10(14-2)7(11)4-5-12-8/h4-5H,3,6H2,1-2H3. The zero-order valence-corrected chi connectivity index (χ0v) is 10.2. The molecule has 0 saturated heterocycles. The molecule has 1 aromatic rings. The van der Waals surface area contributed by atoms with Gasteiger partial charge in [0.05, 0.1) is 30.3 Å². The second-order valence-corrected chi connectivity index (χ2v) is 3.61. The molecule has 0 radical (unpaired) electrons. The van der Waals surface area contributed by atoms with Crippen molar-refractivity contribution in [3.63, 3.8) is 0 Å². The monoisotopic (exact) mass is 273 g/mol. The van der Waals surface area contributed by atoms with Gasteiger partial charge >= 0.3 is 5.97 Å². The Morgan fingerprint density at radius 3 is 2.93 bits per heavy atom. The van der Waals surface area contributed by atoms with Gasteiger partial charge in [-0.25, -0.2) is 0 Å². The lowest BCUT2D eigenvalue weighted by Gasteiger charge is -2.08. The van der Waals surface area contributed by atoms with Gasteiger partial charge in [0, 0.05) is 6.20 Å². The normalized spacial score (nSPS) is 9.80. The first-order valence-corrected chi connectivity index (χ1v) is 5.31. The van der Waals surface area contributed by atoms with E-state index in [1.165, 1.54) is 7.11 Å². The number of nitrogens with zero attached hydrogens (tertiary/aromatic N) is 1. The Balaban J connectivity index is 2.84. The molecule has 4 nitrogen and oxygen atoms in total. The van der Waals surface area contributed by atoms with E-state index in [0.717, 1.165) is 4.47 Å². The Morgan fingerprint density at radius 2 is 2.33 bits per heavy atom. The van der Waals surface area contributed by atoms with Gasteiger partial charge in [0.1, 0.15) is 0 Å². The Hall–Kier alpha value is -1.10. The summed E-state index contributed by atoms with van der Waals surface area (Å²) in [6, 6.07) is 1.76. The first kappa shape index (κ1) is 12.0. The number of carbonyl (C=O) groups is 1. The quantitative estimate of drug-likeness (QED) is 0.787. The van der Waals surface area contributed by atoms with Crippen molar-refractivity contribution in [2.24, 2.45) is 0 Å². The van der Waals surface area contributed by atoms with Crippen molar-refractivity contribution in [3.05, 3.63) is 22.4 Å². The highest BCUT2D eigenvalue weighted by atomic mass is 79.9. The number of methoxy groups -OCH3 is 1. The summed E-state index contributed by atoms with van der Waals surface area (Å²) in [7, 11) is 1.54. The van der Waals surface area contributed by atoms with Gasteiger partial charge in [-0.15, -0.1) is 0 Å². The van der Waals surface area contributed by atoms with Crippen LogP contribution in [0.5, 0.6) is 5.75 Å². The molecule has 0 aromatic carbocycles. The molecule has 15 heavy (non-hydrogen) atoms. The fourth-order valence-corrected chi connectivity index (χ4v) is 1.66. The highest BCUT2D eigenvalue weighted by molar-refractivity contribution is 9.10. The second kappa shape index (κ2) is 5.70. The van der Waals surface area contributed by atoms with Crippen molar-refractivity contribution in [2.75, 3.05) is 13.7 Å². The van der Waals surface area contributed by atoms with Gasteiger partial charge in [-0.2, -0.15) is 0 Å². The largest absolute Gasteiger partial charge is 0.494 e. The van der Waals surface area contributed by atoms with Crippen molar-refractivity contribution in [3.8, 4) is 5.75 Å². The van der Waals surface area contributed by atoms with Crippen LogP contribution in [0.4, 0.5) is 0 Å². The molecule has 0 aliphatic rings. The summed E-state index contributed by atoms with van der Waals surface area (Å²) in [5.74, 6) is 0.270. The number of hydrogen-bond acceptors (Lipinski definition) is 4. The molecule has 0 fully saturated rings. The maximum Gasteiger partial charge on any atom is 0.312 e. The predicted molar refractivity (Wildman–Crippen MR) is 58.8 cm³/mol. The molecule has 82 valence electrons. The average Bonchev–Trinajstić information content (AvgIpc) is 2.18. The van der Waals surface area contributed by atoms with Gasteiger partial charge in [0.25, 0.3) is 0 Å². The summed E-state index contributed by atoms with van der Waals surface area (Å²) < 4.78 is 10.8. The molecule has 0 spiro atoms. The SMILES string of the molecule is CCOC(=O)Cc1nccc(Br)c1OC. The maximum atomic E-state index is 11.3. The van der Waals surface area contributed by atoms with Crippen molar-refractivity contribution in [2.45, 2.75) is 13.3 Å². The number of esters is 1. The number of hydrogen-bond donors (Lipinski definition) is 0. The number of pyridine rings is 1. The van der Waals surface area contributed by atoms with Crippen LogP contribution in [0.1, 0.15) is 12.6 Å².